The smallest absolute Gasteiger partial charge is 0.309 e. The Labute approximate surface area is 108 Å². The summed E-state index contributed by atoms with van der Waals surface area (Å²) >= 11 is 0. The number of rotatable bonds is 3. The quantitative estimate of drug-likeness (QED) is 0.760. The van der Waals surface area contributed by atoms with Gasteiger partial charge in [-0.15, -0.1) is 0 Å². The number of esters is 1. The maximum absolute atomic E-state index is 12.0. The van der Waals surface area contributed by atoms with Crippen LogP contribution in [0, 0.1) is 17.8 Å². The fourth-order valence-electron chi connectivity index (χ4n) is 3.60. The first kappa shape index (κ1) is 11.8. The predicted octanol–water partition coefficient (Wildman–Crippen LogP) is 3.56. The average molecular weight is 244 g/mol. The molecule has 2 saturated carbocycles. The number of hydrogen-bond acceptors (Lipinski definition) is 2. The molecule has 2 heteroatoms. The van der Waals surface area contributed by atoms with Gasteiger partial charge in [-0.2, -0.15) is 0 Å². The van der Waals surface area contributed by atoms with Crippen LogP contribution in [0.4, 0.5) is 0 Å². The van der Waals surface area contributed by atoms with Crippen molar-refractivity contribution in [1.82, 2.24) is 0 Å². The van der Waals surface area contributed by atoms with Gasteiger partial charge in [-0.1, -0.05) is 49.6 Å². The molecule has 2 aliphatic carbocycles. The third kappa shape index (κ3) is 2.43. The minimum absolute atomic E-state index is 0.0215. The molecule has 0 aliphatic heterocycles. The number of benzene rings is 1. The Hall–Kier alpha value is -1.31. The van der Waals surface area contributed by atoms with Crippen LogP contribution in [-0.4, -0.2) is 5.97 Å². The molecule has 2 aliphatic rings. The van der Waals surface area contributed by atoms with Gasteiger partial charge in [-0.25, -0.2) is 0 Å². The van der Waals surface area contributed by atoms with E-state index < -0.39 is 0 Å². The van der Waals surface area contributed by atoms with Gasteiger partial charge in [0.15, 0.2) is 0 Å². The van der Waals surface area contributed by atoms with Gasteiger partial charge in [-0.05, 0) is 30.2 Å². The van der Waals surface area contributed by atoms with Gasteiger partial charge in [0, 0.05) is 0 Å². The van der Waals surface area contributed by atoms with Crippen LogP contribution in [0.5, 0.6) is 0 Å². The lowest BCUT2D eigenvalue weighted by Crippen LogP contribution is -2.15. The number of fused-ring (bicyclic) bond motifs is 1. The van der Waals surface area contributed by atoms with Crippen molar-refractivity contribution in [2.24, 2.45) is 17.8 Å². The van der Waals surface area contributed by atoms with Gasteiger partial charge in [0.1, 0.15) is 6.61 Å². The third-order valence-electron chi connectivity index (χ3n) is 4.55. The van der Waals surface area contributed by atoms with E-state index in [4.69, 9.17) is 4.74 Å². The molecule has 0 heterocycles. The number of carbonyl (C=O) groups is 1. The van der Waals surface area contributed by atoms with E-state index in [1.54, 1.807) is 0 Å². The van der Waals surface area contributed by atoms with Crippen LogP contribution < -0.4 is 0 Å². The number of ether oxygens (including phenoxy) is 1. The predicted molar refractivity (Wildman–Crippen MR) is 69.8 cm³/mol. The van der Waals surface area contributed by atoms with Gasteiger partial charge in [0.2, 0.25) is 0 Å². The zero-order chi connectivity index (χ0) is 12.4. The first-order chi connectivity index (χ1) is 8.83. The molecule has 1 unspecified atom stereocenters. The van der Waals surface area contributed by atoms with Gasteiger partial charge < -0.3 is 4.74 Å². The SMILES string of the molecule is O=C(OCc1ccccc1)C1C[C@H]2CCC[C@H]2C1. The van der Waals surface area contributed by atoms with E-state index in [0.29, 0.717) is 6.61 Å². The maximum atomic E-state index is 12.0. The van der Waals surface area contributed by atoms with Gasteiger partial charge in [0.05, 0.1) is 5.92 Å². The molecule has 18 heavy (non-hydrogen) atoms. The summed E-state index contributed by atoms with van der Waals surface area (Å²) in [4.78, 5) is 12.0. The van der Waals surface area contributed by atoms with Crippen molar-refractivity contribution >= 4 is 5.97 Å². The minimum Gasteiger partial charge on any atom is -0.461 e. The monoisotopic (exact) mass is 244 g/mol. The molecule has 2 fully saturated rings. The van der Waals surface area contributed by atoms with Crippen LogP contribution in [0.2, 0.25) is 0 Å². The zero-order valence-corrected chi connectivity index (χ0v) is 10.7. The normalized spacial score (nSPS) is 30.1. The maximum Gasteiger partial charge on any atom is 0.309 e. The fourth-order valence-corrected chi connectivity index (χ4v) is 3.60. The lowest BCUT2D eigenvalue weighted by molar-refractivity contribution is -0.149. The highest BCUT2D eigenvalue weighted by molar-refractivity contribution is 5.72. The van der Waals surface area contributed by atoms with Crippen molar-refractivity contribution in [1.29, 1.82) is 0 Å². The average Bonchev–Trinajstić information content (AvgIpc) is 2.98. The number of hydrogen-bond donors (Lipinski definition) is 0. The lowest BCUT2D eigenvalue weighted by Gasteiger charge is -2.11. The summed E-state index contributed by atoms with van der Waals surface area (Å²) in [5.74, 6) is 1.80. The molecule has 0 amide bonds. The molecule has 0 bridgehead atoms. The Morgan fingerprint density at radius 3 is 2.44 bits per heavy atom. The first-order valence-electron chi connectivity index (χ1n) is 7.03. The van der Waals surface area contributed by atoms with E-state index in [1.807, 2.05) is 30.3 Å². The highest BCUT2D eigenvalue weighted by Gasteiger charge is 2.40. The molecule has 3 rings (SSSR count). The highest BCUT2D eigenvalue weighted by Crippen LogP contribution is 2.47. The topological polar surface area (TPSA) is 26.3 Å². The van der Waals surface area contributed by atoms with E-state index in [2.05, 4.69) is 0 Å². The summed E-state index contributed by atoms with van der Waals surface area (Å²) in [5, 5.41) is 0. The van der Waals surface area contributed by atoms with Crippen LogP contribution in [-0.2, 0) is 16.1 Å². The van der Waals surface area contributed by atoms with Gasteiger partial charge >= 0.3 is 5.97 Å². The van der Waals surface area contributed by atoms with Crippen molar-refractivity contribution in [2.45, 2.75) is 38.7 Å². The van der Waals surface area contributed by atoms with Crippen molar-refractivity contribution in [3.8, 4) is 0 Å². The summed E-state index contributed by atoms with van der Waals surface area (Å²) in [6, 6.07) is 9.92. The largest absolute Gasteiger partial charge is 0.461 e. The molecule has 0 aromatic heterocycles. The van der Waals surface area contributed by atoms with Crippen molar-refractivity contribution in [3.05, 3.63) is 35.9 Å². The zero-order valence-electron chi connectivity index (χ0n) is 10.7. The van der Waals surface area contributed by atoms with Crippen LogP contribution in [0.25, 0.3) is 0 Å². The molecule has 0 saturated heterocycles. The summed E-state index contributed by atoms with van der Waals surface area (Å²) in [6.07, 6.45) is 6.15. The van der Waals surface area contributed by atoms with Crippen LogP contribution in [0.15, 0.2) is 30.3 Å². The first-order valence-corrected chi connectivity index (χ1v) is 7.03. The van der Waals surface area contributed by atoms with E-state index in [1.165, 1.54) is 19.3 Å². The second kappa shape index (κ2) is 5.13. The van der Waals surface area contributed by atoms with E-state index in [0.717, 1.165) is 30.2 Å². The lowest BCUT2D eigenvalue weighted by atomic mass is 10.0. The molecule has 2 nitrogen and oxygen atoms in total. The van der Waals surface area contributed by atoms with Crippen LogP contribution in [0.1, 0.15) is 37.7 Å². The molecular formula is C16H20O2. The molecular weight excluding hydrogens is 224 g/mol. The molecule has 0 spiro atoms. The summed E-state index contributed by atoms with van der Waals surface area (Å²) in [7, 11) is 0. The Balaban J connectivity index is 1.50. The fraction of sp³-hybridized carbons (Fsp3) is 0.562. The van der Waals surface area contributed by atoms with Crippen molar-refractivity contribution in [2.75, 3.05) is 0 Å². The Bertz CT molecular complexity index is 400. The van der Waals surface area contributed by atoms with Gasteiger partial charge in [0.25, 0.3) is 0 Å². The standard InChI is InChI=1S/C16H20O2/c17-16(18-11-12-5-2-1-3-6-12)15-9-13-7-4-8-14(13)10-15/h1-3,5-6,13-15H,4,7-11H2/t13-,14+,15?. The molecule has 3 atom stereocenters. The second-order valence-corrected chi connectivity index (χ2v) is 5.71. The van der Waals surface area contributed by atoms with Crippen molar-refractivity contribution < 1.29 is 9.53 Å². The Morgan fingerprint density at radius 1 is 1.11 bits per heavy atom. The Kier molecular flexibility index (Phi) is 3.35. The number of carbonyl (C=O) groups excluding carboxylic acids is 1. The Morgan fingerprint density at radius 2 is 1.78 bits per heavy atom. The molecule has 0 N–H and O–H groups in total. The molecule has 96 valence electrons. The summed E-state index contributed by atoms with van der Waals surface area (Å²) in [6.45, 7) is 0.422. The van der Waals surface area contributed by atoms with Crippen molar-refractivity contribution in [3.63, 3.8) is 0 Å². The molecule has 1 aromatic rings. The van der Waals surface area contributed by atoms with E-state index >= 15 is 0 Å². The highest BCUT2D eigenvalue weighted by atomic mass is 16.5. The summed E-state index contributed by atoms with van der Waals surface area (Å²) in [5.41, 5.74) is 1.07. The molecule has 0 radical (unpaired) electrons. The van der Waals surface area contributed by atoms with Crippen LogP contribution >= 0.6 is 0 Å². The molecule has 1 aromatic carbocycles. The summed E-state index contributed by atoms with van der Waals surface area (Å²) < 4.78 is 5.44. The van der Waals surface area contributed by atoms with Gasteiger partial charge in [-0.3, -0.25) is 4.79 Å². The third-order valence-corrected chi connectivity index (χ3v) is 4.55. The van der Waals surface area contributed by atoms with E-state index in [9.17, 15) is 4.79 Å². The minimum atomic E-state index is 0.0215. The van der Waals surface area contributed by atoms with E-state index in [-0.39, 0.29) is 11.9 Å². The van der Waals surface area contributed by atoms with Crippen LogP contribution in [0.3, 0.4) is 0 Å². The second-order valence-electron chi connectivity index (χ2n) is 5.71.